The van der Waals surface area contributed by atoms with Crippen LogP contribution in [0.2, 0.25) is 0 Å². The van der Waals surface area contributed by atoms with E-state index in [1.165, 1.54) is 59.0 Å². The Kier molecular flexibility index (Phi) is 5.22. The minimum absolute atomic E-state index is 0.118. The Morgan fingerprint density at radius 1 is 0.829 bits per heavy atom. The number of nitrogens with zero attached hydrogens (tertiary/aromatic N) is 1. The number of aromatic nitrogens is 1. The van der Waals surface area contributed by atoms with Crippen molar-refractivity contribution in [2.24, 2.45) is 5.92 Å². The third-order valence-electron chi connectivity index (χ3n) is 8.26. The summed E-state index contributed by atoms with van der Waals surface area (Å²) in [5, 5.41) is 1.24. The molecule has 2 aliphatic heterocycles. The number of para-hydroxylation sites is 1. The van der Waals surface area contributed by atoms with Crippen LogP contribution >= 0.6 is 0 Å². The maximum absolute atomic E-state index is 6.48. The lowest BCUT2D eigenvalue weighted by molar-refractivity contribution is 0.0340. The lowest BCUT2D eigenvalue weighted by Crippen LogP contribution is -2.50. The van der Waals surface area contributed by atoms with Crippen molar-refractivity contribution in [3.8, 4) is 0 Å². The number of H-pyrrole nitrogens is 1. The highest BCUT2D eigenvalue weighted by Gasteiger charge is 2.49. The molecule has 4 aromatic rings. The zero-order valence-corrected chi connectivity index (χ0v) is 19.9. The Morgan fingerprint density at radius 2 is 1.57 bits per heavy atom. The highest BCUT2D eigenvalue weighted by molar-refractivity contribution is 5.84. The van der Waals surface area contributed by atoms with Gasteiger partial charge in [0.2, 0.25) is 0 Å². The normalized spacial score (nSPS) is 26.4. The number of rotatable bonds is 4. The Bertz CT molecular complexity index is 1360. The highest BCUT2D eigenvalue weighted by Crippen LogP contribution is 2.53. The van der Waals surface area contributed by atoms with E-state index in [4.69, 9.17) is 4.84 Å². The topological polar surface area (TPSA) is 40.3 Å². The van der Waals surface area contributed by atoms with Gasteiger partial charge in [-0.05, 0) is 30.0 Å². The Hall–Kier alpha value is -3.34. The van der Waals surface area contributed by atoms with Gasteiger partial charge in [-0.25, -0.2) is 0 Å². The first-order chi connectivity index (χ1) is 17.4. The van der Waals surface area contributed by atoms with Crippen LogP contribution in [0.1, 0.15) is 54.5 Å². The minimum Gasteiger partial charge on any atom is -0.361 e. The van der Waals surface area contributed by atoms with Crippen LogP contribution < -0.4 is 5.48 Å². The number of hydrogen-bond acceptors (Lipinski definition) is 3. The smallest absolute Gasteiger partial charge is 0.137 e. The van der Waals surface area contributed by atoms with Crippen LogP contribution in [0.25, 0.3) is 10.9 Å². The second-order valence-corrected chi connectivity index (χ2v) is 10.2. The average molecular weight is 462 g/mol. The first-order valence-corrected chi connectivity index (χ1v) is 12.9. The quantitative estimate of drug-likeness (QED) is 0.351. The van der Waals surface area contributed by atoms with Crippen LogP contribution in [0.15, 0.2) is 102 Å². The molecule has 2 N–H and O–H groups in total. The Labute approximate surface area is 206 Å². The van der Waals surface area contributed by atoms with Crippen molar-refractivity contribution < 1.29 is 4.84 Å². The van der Waals surface area contributed by atoms with Crippen molar-refractivity contribution in [2.75, 3.05) is 0 Å². The van der Waals surface area contributed by atoms with Gasteiger partial charge in [-0.1, -0.05) is 91.7 Å². The largest absolute Gasteiger partial charge is 0.361 e. The van der Waals surface area contributed by atoms with Crippen LogP contribution in [-0.4, -0.2) is 15.9 Å². The minimum atomic E-state index is -0.118. The van der Waals surface area contributed by atoms with Crippen molar-refractivity contribution in [1.29, 1.82) is 0 Å². The fourth-order valence-electron chi connectivity index (χ4n) is 6.73. The maximum Gasteiger partial charge on any atom is 0.137 e. The summed E-state index contributed by atoms with van der Waals surface area (Å²) < 4.78 is 0. The average Bonchev–Trinajstić information content (AvgIpc) is 3.54. The lowest BCUT2D eigenvalue weighted by Gasteiger charge is -2.49. The van der Waals surface area contributed by atoms with Gasteiger partial charge in [0, 0.05) is 52.4 Å². The van der Waals surface area contributed by atoms with Gasteiger partial charge >= 0.3 is 0 Å². The van der Waals surface area contributed by atoms with Crippen LogP contribution in [0, 0.1) is 5.92 Å². The van der Waals surface area contributed by atoms with E-state index in [2.05, 4.69) is 106 Å². The van der Waals surface area contributed by atoms with E-state index >= 15 is 0 Å². The van der Waals surface area contributed by atoms with Gasteiger partial charge in [-0.2, -0.15) is 0 Å². The molecule has 1 fully saturated rings. The van der Waals surface area contributed by atoms with Crippen LogP contribution in [0.4, 0.5) is 0 Å². The fraction of sp³-hybridized carbons (Fsp3) is 0.290. The summed E-state index contributed by atoms with van der Waals surface area (Å²) in [5.74, 6) is 0.484. The van der Waals surface area contributed by atoms with E-state index in [9.17, 15) is 0 Å². The van der Waals surface area contributed by atoms with E-state index in [0.717, 1.165) is 12.1 Å². The second-order valence-electron chi connectivity index (χ2n) is 10.2. The molecule has 1 aliphatic carbocycles. The van der Waals surface area contributed by atoms with Gasteiger partial charge in [-0.15, -0.1) is 0 Å². The summed E-state index contributed by atoms with van der Waals surface area (Å²) in [6.45, 7) is 0.943. The molecule has 4 atom stereocenters. The lowest BCUT2D eigenvalue weighted by atomic mass is 9.72. The fourth-order valence-corrected chi connectivity index (χ4v) is 6.73. The molecule has 1 saturated carbocycles. The predicted octanol–water partition coefficient (Wildman–Crippen LogP) is 6.81. The van der Waals surface area contributed by atoms with Gasteiger partial charge < -0.3 is 4.98 Å². The molecule has 0 spiro atoms. The van der Waals surface area contributed by atoms with Gasteiger partial charge in [0.05, 0.1) is 6.04 Å². The third-order valence-corrected chi connectivity index (χ3v) is 8.26. The molecule has 0 bridgehead atoms. The van der Waals surface area contributed by atoms with Crippen molar-refractivity contribution in [3.05, 3.63) is 119 Å². The predicted molar refractivity (Wildman–Crippen MR) is 139 cm³/mol. The Balaban J connectivity index is 1.41. The monoisotopic (exact) mass is 461 g/mol. The molecule has 0 saturated heterocycles. The van der Waals surface area contributed by atoms with E-state index < -0.39 is 0 Å². The SMILES string of the molecule is c1ccc(CN2C(c3ccccc3)C3=C(NOC3c3c[nH]c4ccccc34)C3CCCCC32)cc1. The second kappa shape index (κ2) is 8.71. The number of hydroxylamine groups is 1. The molecule has 3 aromatic carbocycles. The van der Waals surface area contributed by atoms with Gasteiger partial charge in [-0.3, -0.25) is 15.2 Å². The maximum atomic E-state index is 6.48. The summed E-state index contributed by atoms with van der Waals surface area (Å²) >= 11 is 0. The molecule has 176 valence electrons. The van der Waals surface area contributed by atoms with E-state index in [0.29, 0.717) is 12.0 Å². The summed E-state index contributed by atoms with van der Waals surface area (Å²) in [4.78, 5) is 12.7. The van der Waals surface area contributed by atoms with E-state index in [1.807, 2.05) is 0 Å². The zero-order chi connectivity index (χ0) is 23.2. The van der Waals surface area contributed by atoms with E-state index in [-0.39, 0.29) is 12.1 Å². The molecule has 0 radical (unpaired) electrons. The summed E-state index contributed by atoms with van der Waals surface area (Å²) in [5.41, 5.74) is 11.3. The number of fused-ring (bicyclic) bond motifs is 3. The molecule has 1 aromatic heterocycles. The van der Waals surface area contributed by atoms with Crippen molar-refractivity contribution in [3.63, 3.8) is 0 Å². The van der Waals surface area contributed by atoms with Crippen molar-refractivity contribution in [2.45, 2.75) is 50.4 Å². The van der Waals surface area contributed by atoms with Gasteiger partial charge in [0.15, 0.2) is 0 Å². The number of nitrogens with one attached hydrogen (secondary N) is 2. The molecular weight excluding hydrogens is 430 g/mol. The third kappa shape index (κ3) is 3.51. The molecule has 4 nitrogen and oxygen atoms in total. The van der Waals surface area contributed by atoms with Crippen molar-refractivity contribution in [1.82, 2.24) is 15.4 Å². The summed E-state index contributed by atoms with van der Waals surface area (Å²) in [6.07, 6.45) is 7.05. The van der Waals surface area contributed by atoms with Crippen LogP contribution in [0.5, 0.6) is 0 Å². The molecule has 3 aliphatic rings. The molecule has 4 heteroatoms. The molecule has 7 rings (SSSR count). The molecule has 0 amide bonds. The van der Waals surface area contributed by atoms with Crippen LogP contribution in [0.3, 0.4) is 0 Å². The molecule has 3 heterocycles. The first kappa shape index (κ1) is 21.0. The Morgan fingerprint density at radius 3 is 2.43 bits per heavy atom. The standard InChI is InChI=1S/C31H31N3O/c1-3-11-21(12-4-1)20-34-27-18-10-8-16-24(27)29-28(30(34)22-13-5-2-6-14-22)31(35-33-29)25-19-32-26-17-9-7-15-23(25)26/h1-7,9,11-15,17,19,24,27,30-33H,8,10,16,18,20H2. The van der Waals surface area contributed by atoms with E-state index in [1.54, 1.807) is 0 Å². The number of benzene rings is 3. The molecular formula is C31H31N3O. The molecule has 35 heavy (non-hydrogen) atoms. The van der Waals surface area contributed by atoms with Crippen molar-refractivity contribution >= 4 is 10.9 Å². The number of aromatic amines is 1. The zero-order valence-electron chi connectivity index (χ0n) is 19.9. The first-order valence-electron chi connectivity index (χ1n) is 12.9. The number of hydrogen-bond donors (Lipinski definition) is 2. The van der Waals surface area contributed by atoms with Gasteiger partial charge in [0.1, 0.15) is 6.10 Å². The highest BCUT2D eigenvalue weighted by atomic mass is 16.7. The van der Waals surface area contributed by atoms with Crippen LogP contribution in [-0.2, 0) is 11.4 Å². The van der Waals surface area contributed by atoms with Gasteiger partial charge in [0.25, 0.3) is 0 Å². The summed E-state index contributed by atoms with van der Waals surface area (Å²) in [7, 11) is 0. The molecule has 4 unspecified atom stereocenters. The summed E-state index contributed by atoms with van der Waals surface area (Å²) in [6, 6.07) is 31.2.